The number of hydrogen-bond acceptors (Lipinski definition) is 4. The Morgan fingerprint density at radius 3 is 2.34 bits per heavy atom. The van der Waals surface area contributed by atoms with Crippen LogP contribution in [-0.2, 0) is 11.3 Å². The highest BCUT2D eigenvalue weighted by Gasteiger charge is 2.20. The fourth-order valence-corrected chi connectivity index (χ4v) is 3.84. The normalized spacial score (nSPS) is 13.2. The van der Waals surface area contributed by atoms with E-state index in [1.54, 1.807) is 26.4 Å². The number of carbonyl (C=O) groups is 2. The maximum atomic E-state index is 12.8. The van der Waals surface area contributed by atoms with Gasteiger partial charge in [0.2, 0.25) is 5.91 Å². The molecule has 1 saturated heterocycles. The molecule has 1 aliphatic heterocycles. The van der Waals surface area contributed by atoms with Gasteiger partial charge in [0.05, 0.1) is 14.2 Å². The predicted molar refractivity (Wildman–Crippen MR) is 124 cm³/mol. The van der Waals surface area contributed by atoms with Crippen LogP contribution in [0.15, 0.2) is 66.7 Å². The number of carbonyl (C=O) groups excluding carboxylic acids is 2. The number of amides is 2. The number of methoxy groups -OCH3 is 2. The fourth-order valence-electron chi connectivity index (χ4n) is 3.84. The summed E-state index contributed by atoms with van der Waals surface area (Å²) in [5.74, 6) is 1.49. The van der Waals surface area contributed by atoms with Crippen molar-refractivity contribution in [1.29, 1.82) is 0 Å². The van der Waals surface area contributed by atoms with Crippen LogP contribution in [0, 0.1) is 0 Å². The molecular weight excluding hydrogens is 404 g/mol. The van der Waals surface area contributed by atoms with Crippen LogP contribution in [-0.4, -0.2) is 37.5 Å². The van der Waals surface area contributed by atoms with Gasteiger partial charge in [0.1, 0.15) is 11.5 Å². The summed E-state index contributed by atoms with van der Waals surface area (Å²) < 4.78 is 10.7. The summed E-state index contributed by atoms with van der Waals surface area (Å²) in [6.07, 6.45) is 1.54. The minimum absolute atomic E-state index is 0.194. The molecule has 1 fully saturated rings. The second-order valence-corrected chi connectivity index (χ2v) is 7.71. The number of nitrogens with zero attached hydrogens (tertiary/aromatic N) is 1. The van der Waals surface area contributed by atoms with Crippen LogP contribution in [0.4, 0.5) is 5.69 Å². The van der Waals surface area contributed by atoms with Gasteiger partial charge >= 0.3 is 0 Å². The third kappa shape index (κ3) is 4.75. The predicted octanol–water partition coefficient (Wildman–Crippen LogP) is 4.75. The first-order valence-electron chi connectivity index (χ1n) is 10.6. The highest BCUT2D eigenvalue weighted by molar-refractivity contribution is 6.04. The van der Waals surface area contributed by atoms with E-state index in [9.17, 15) is 9.59 Å². The van der Waals surface area contributed by atoms with E-state index in [0.717, 1.165) is 35.4 Å². The summed E-state index contributed by atoms with van der Waals surface area (Å²) >= 11 is 0. The molecule has 0 bridgehead atoms. The summed E-state index contributed by atoms with van der Waals surface area (Å²) in [6.45, 7) is 1.39. The second kappa shape index (κ2) is 9.56. The van der Waals surface area contributed by atoms with Crippen molar-refractivity contribution >= 4 is 17.5 Å². The second-order valence-electron chi connectivity index (χ2n) is 7.71. The molecule has 0 unspecified atom stereocenters. The molecule has 0 spiro atoms. The number of rotatable bonds is 7. The van der Waals surface area contributed by atoms with Crippen molar-refractivity contribution in [3.8, 4) is 22.6 Å². The Bertz CT molecular complexity index is 1110. The molecule has 0 saturated carbocycles. The Morgan fingerprint density at radius 2 is 1.72 bits per heavy atom. The molecule has 4 rings (SSSR count). The molecule has 3 aromatic rings. The van der Waals surface area contributed by atoms with Crippen LogP contribution < -0.4 is 14.8 Å². The third-order valence-electron chi connectivity index (χ3n) is 5.62. The number of anilines is 1. The first-order chi connectivity index (χ1) is 15.6. The number of ether oxygens (including phenoxy) is 2. The van der Waals surface area contributed by atoms with Gasteiger partial charge in [-0.15, -0.1) is 0 Å². The van der Waals surface area contributed by atoms with Gasteiger partial charge in [-0.05, 0) is 60.0 Å². The zero-order valence-electron chi connectivity index (χ0n) is 18.3. The van der Waals surface area contributed by atoms with E-state index in [1.165, 1.54) is 0 Å². The molecule has 3 aromatic carbocycles. The summed E-state index contributed by atoms with van der Waals surface area (Å²) in [4.78, 5) is 26.5. The summed E-state index contributed by atoms with van der Waals surface area (Å²) in [5, 5.41) is 2.96. The van der Waals surface area contributed by atoms with Gasteiger partial charge in [-0.1, -0.05) is 24.3 Å². The molecule has 2 amide bonds. The minimum Gasteiger partial charge on any atom is -0.497 e. The first-order valence-corrected chi connectivity index (χ1v) is 10.6. The zero-order chi connectivity index (χ0) is 22.5. The van der Waals surface area contributed by atoms with E-state index in [0.29, 0.717) is 30.0 Å². The van der Waals surface area contributed by atoms with E-state index in [4.69, 9.17) is 9.47 Å². The van der Waals surface area contributed by atoms with E-state index >= 15 is 0 Å². The minimum atomic E-state index is -0.195. The van der Waals surface area contributed by atoms with E-state index in [-0.39, 0.29) is 11.8 Å². The van der Waals surface area contributed by atoms with Crippen molar-refractivity contribution in [3.63, 3.8) is 0 Å². The zero-order valence-corrected chi connectivity index (χ0v) is 18.3. The lowest BCUT2D eigenvalue weighted by Crippen LogP contribution is -2.23. The number of benzene rings is 3. The van der Waals surface area contributed by atoms with E-state index in [1.807, 2.05) is 59.5 Å². The van der Waals surface area contributed by atoms with Gasteiger partial charge in [-0.3, -0.25) is 9.59 Å². The maximum Gasteiger partial charge on any atom is 0.255 e. The molecular formula is C26H26N2O4. The molecule has 6 nitrogen and oxygen atoms in total. The van der Waals surface area contributed by atoms with Gasteiger partial charge in [0.15, 0.2) is 0 Å². The lowest BCUT2D eigenvalue weighted by atomic mass is 10.0. The van der Waals surface area contributed by atoms with Crippen molar-refractivity contribution in [2.45, 2.75) is 19.4 Å². The van der Waals surface area contributed by atoms with Crippen LogP contribution in [0.1, 0.15) is 28.8 Å². The average molecular weight is 431 g/mol. The first kappa shape index (κ1) is 21.4. The Labute approximate surface area is 187 Å². The largest absolute Gasteiger partial charge is 0.497 e. The van der Waals surface area contributed by atoms with Crippen LogP contribution in [0.2, 0.25) is 0 Å². The van der Waals surface area contributed by atoms with Gasteiger partial charge in [-0.25, -0.2) is 0 Å². The van der Waals surface area contributed by atoms with Gasteiger partial charge in [0.25, 0.3) is 5.91 Å². The standard InChI is InChI=1S/C26H26N2O4/c1-31-22-12-9-19(10-13-22)23-16-21(11-14-24(23)32-2)27-26(30)20-7-5-18(6-8-20)17-28-15-3-4-25(28)29/h5-14,16H,3-4,15,17H2,1-2H3,(H,27,30). The molecule has 0 aliphatic carbocycles. The Morgan fingerprint density at radius 1 is 0.969 bits per heavy atom. The molecule has 1 heterocycles. The van der Waals surface area contributed by atoms with E-state index in [2.05, 4.69) is 5.32 Å². The smallest absolute Gasteiger partial charge is 0.255 e. The molecule has 1 aliphatic rings. The van der Waals surface area contributed by atoms with Crippen molar-refractivity contribution in [2.24, 2.45) is 0 Å². The van der Waals surface area contributed by atoms with Crippen LogP contribution >= 0.6 is 0 Å². The van der Waals surface area contributed by atoms with Gasteiger partial charge < -0.3 is 19.7 Å². The monoisotopic (exact) mass is 430 g/mol. The average Bonchev–Trinajstić information content (AvgIpc) is 3.23. The van der Waals surface area contributed by atoms with Crippen molar-refractivity contribution < 1.29 is 19.1 Å². The topological polar surface area (TPSA) is 67.9 Å². The maximum absolute atomic E-state index is 12.8. The highest BCUT2D eigenvalue weighted by Crippen LogP contribution is 2.33. The molecule has 6 heteroatoms. The lowest BCUT2D eigenvalue weighted by molar-refractivity contribution is -0.128. The van der Waals surface area contributed by atoms with E-state index < -0.39 is 0 Å². The van der Waals surface area contributed by atoms with Crippen molar-refractivity contribution in [3.05, 3.63) is 77.9 Å². The number of nitrogens with one attached hydrogen (secondary N) is 1. The summed E-state index contributed by atoms with van der Waals surface area (Å²) in [6, 6.07) is 20.6. The van der Waals surface area contributed by atoms with Crippen molar-refractivity contribution in [2.75, 3.05) is 26.1 Å². The summed E-state index contributed by atoms with van der Waals surface area (Å²) in [7, 11) is 3.25. The highest BCUT2D eigenvalue weighted by atomic mass is 16.5. The van der Waals surface area contributed by atoms with Crippen LogP contribution in [0.5, 0.6) is 11.5 Å². The quantitative estimate of drug-likeness (QED) is 0.588. The fraction of sp³-hybridized carbons (Fsp3) is 0.231. The van der Waals surface area contributed by atoms with Crippen molar-refractivity contribution in [1.82, 2.24) is 4.90 Å². The SMILES string of the molecule is COc1ccc(-c2cc(NC(=O)c3ccc(CN4CCCC4=O)cc3)ccc2OC)cc1. The lowest BCUT2D eigenvalue weighted by Gasteiger charge is -2.15. The number of hydrogen-bond donors (Lipinski definition) is 1. The molecule has 0 radical (unpaired) electrons. The summed E-state index contributed by atoms with van der Waals surface area (Å²) in [5.41, 5.74) is 4.08. The van der Waals surface area contributed by atoms with Crippen LogP contribution in [0.3, 0.4) is 0 Å². The van der Waals surface area contributed by atoms with Crippen LogP contribution in [0.25, 0.3) is 11.1 Å². The molecule has 0 aromatic heterocycles. The molecule has 32 heavy (non-hydrogen) atoms. The Hall–Kier alpha value is -3.80. The molecule has 0 atom stereocenters. The van der Waals surface area contributed by atoms with Gasteiger partial charge in [0, 0.05) is 36.3 Å². The number of likely N-dealkylation sites (tertiary alicyclic amines) is 1. The third-order valence-corrected chi connectivity index (χ3v) is 5.62. The molecule has 164 valence electrons. The molecule has 1 N–H and O–H groups in total. The van der Waals surface area contributed by atoms with Gasteiger partial charge in [-0.2, -0.15) is 0 Å². The Kier molecular flexibility index (Phi) is 6.40. The Balaban J connectivity index is 1.48.